The van der Waals surface area contributed by atoms with E-state index in [-0.39, 0.29) is 29.8 Å². The zero-order chi connectivity index (χ0) is 16.9. The summed E-state index contributed by atoms with van der Waals surface area (Å²) in [5, 5.41) is 0. The van der Waals surface area contributed by atoms with Gasteiger partial charge in [-0.2, -0.15) is 0 Å². The Labute approximate surface area is 138 Å². The maximum Gasteiger partial charge on any atom is 0.410 e. The minimum absolute atomic E-state index is 0.0205. The monoisotopic (exact) mass is 332 g/mol. The average molecular weight is 333 g/mol. The molecule has 0 saturated carbocycles. The third-order valence-electron chi connectivity index (χ3n) is 3.69. The summed E-state index contributed by atoms with van der Waals surface area (Å²) in [6.45, 7) is 11.6. The van der Waals surface area contributed by atoms with Crippen LogP contribution >= 0.6 is 11.6 Å². The van der Waals surface area contributed by atoms with Crippen molar-refractivity contribution in [3.8, 4) is 0 Å². The molecular weight excluding hydrogens is 304 g/mol. The van der Waals surface area contributed by atoms with Crippen LogP contribution in [0.1, 0.15) is 47.5 Å². The summed E-state index contributed by atoms with van der Waals surface area (Å²) in [4.78, 5) is 27.6. The van der Waals surface area contributed by atoms with Crippen molar-refractivity contribution in [1.29, 1.82) is 0 Å². The van der Waals surface area contributed by atoms with Crippen molar-refractivity contribution in [2.75, 3.05) is 25.5 Å². The Morgan fingerprint density at radius 2 is 2.00 bits per heavy atom. The Morgan fingerprint density at radius 1 is 1.36 bits per heavy atom. The van der Waals surface area contributed by atoms with Crippen LogP contribution in [-0.2, 0) is 9.53 Å². The summed E-state index contributed by atoms with van der Waals surface area (Å²) in [5.74, 6) is 0.266. The molecule has 1 rings (SSSR count). The SMILES string of the molecule is CC(C)N(C[C@@H]1CCCN(C(=O)CCl)C1)C(=O)OC(C)(C)C. The second kappa shape index (κ2) is 8.04. The minimum atomic E-state index is -0.503. The Morgan fingerprint density at radius 3 is 2.50 bits per heavy atom. The van der Waals surface area contributed by atoms with E-state index in [1.165, 1.54) is 0 Å². The van der Waals surface area contributed by atoms with E-state index in [9.17, 15) is 9.59 Å². The van der Waals surface area contributed by atoms with Crippen LogP contribution in [0.4, 0.5) is 4.79 Å². The fraction of sp³-hybridized carbons (Fsp3) is 0.875. The van der Waals surface area contributed by atoms with Crippen LogP contribution in [0.3, 0.4) is 0 Å². The molecule has 0 aliphatic carbocycles. The van der Waals surface area contributed by atoms with E-state index in [4.69, 9.17) is 16.3 Å². The molecule has 0 spiro atoms. The zero-order valence-corrected chi connectivity index (χ0v) is 15.2. The smallest absolute Gasteiger partial charge is 0.410 e. The van der Waals surface area contributed by atoms with Gasteiger partial charge < -0.3 is 14.5 Å². The molecule has 0 bridgehead atoms. The van der Waals surface area contributed by atoms with Crippen LogP contribution in [0.5, 0.6) is 0 Å². The lowest BCUT2D eigenvalue weighted by Gasteiger charge is -2.37. The molecular formula is C16H29ClN2O3. The van der Waals surface area contributed by atoms with Gasteiger partial charge in [0.15, 0.2) is 0 Å². The van der Waals surface area contributed by atoms with Crippen molar-refractivity contribution >= 4 is 23.6 Å². The largest absolute Gasteiger partial charge is 0.444 e. The summed E-state index contributed by atoms with van der Waals surface area (Å²) in [7, 11) is 0. The molecule has 5 nitrogen and oxygen atoms in total. The molecule has 1 heterocycles. The maximum absolute atomic E-state index is 12.3. The van der Waals surface area contributed by atoms with Crippen molar-refractivity contribution in [2.24, 2.45) is 5.92 Å². The molecule has 0 aromatic rings. The molecule has 0 N–H and O–H groups in total. The van der Waals surface area contributed by atoms with Crippen molar-refractivity contribution in [3.05, 3.63) is 0 Å². The number of alkyl halides is 1. The molecule has 0 aromatic carbocycles. The van der Waals surface area contributed by atoms with Crippen molar-refractivity contribution in [2.45, 2.75) is 59.1 Å². The van der Waals surface area contributed by atoms with Gasteiger partial charge in [-0.05, 0) is 53.4 Å². The first-order valence-corrected chi connectivity index (χ1v) is 8.51. The van der Waals surface area contributed by atoms with Gasteiger partial charge >= 0.3 is 6.09 Å². The number of nitrogens with zero attached hydrogens (tertiary/aromatic N) is 2. The van der Waals surface area contributed by atoms with Gasteiger partial charge in [0.25, 0.3) is 0 Å². The van der Waals surface area contributed by atoms with Crippen molar-refractivity contribution in [3.63, 3.8) is 0 Å². The summed E-state index contributed by atoms with van der Waals surface area (Å²) < 4.78 is 5.48. The number of carbonyl (C=O) groups excluding carboxylic acids is 2. The minimum Gasteiger partial charge on any atom is -0.444 e. The lowest BCUT2D eigenvalue weighted by molar-refractivity contribution is -0.130. The van der Waals surface area contributed by atoms with Crippen LogP contribution < -0.4 is 0 Å². The number of halogens is 1. The van der Waals surface area contributed by atoms with Gasteiger partial charge in [0, 0.05) is 25.7 Å². The molecule has 1 aliphatic heterocycles. The Balaban J connectivity index is 2.66. The predicted molar refractivity (Wildman–Crippen MR) is 88.1 cm³/mol. The molecule has 0 aromatic heterocycles. The zero-order valence-electron chi connectivity index (χ0n) is 14.4. The molecule has 1 saturated heterocycles. The Bertz CT molecular complexity index is 393. The summed E-state index contributed by atoms with van der Waals surface area (Å²) in [6.07, 6.45) is 1.68. The lowest BCUT2D eigenvalue weighted by atomic mass is 9.97. The molecule has 1 atom stereocenters. The first-order valence-electron chi connectivity index (χ1n) is 7.97. The van der Waals surface area contributed by atoms with Gasteiger partial charge in [-0.15, -0.1) is 11.6 Å². The van der Waals surface area contributed by atoms with Gasteiger partial charge in [-0.25, -0.2) is 4.79 Å². The van der Waals surface area contributed by atoms with Gasteiger partial charge in [0.1, 0.15) is 11.5 Å². The van der Waals surface area contributed by atoms with Crippen LogP contribution in [0.25, 0.3) is 0 Å². The van der Waals surface area contributed by atoms with E-state index in [0.29, 0.717) is 13.1 Å². The van der Waals surface area contributed by atoms with Crippen molar-refractivity contribution < 1.29 is 14.3 Å². The van der Waals surface area contributed by atoms with Gasteiger partial charge in [0.05, 0.1) is 0 Å². The van der Waals surface area contributed by atoms with Crippen LogP contribution in [0.2, 0.25) is 0 Å². The topological polar surface area (TPSA) is 49.9 Å². The van der Waals surface area contributed by atoms with Crippen LogP contribution in [0, 0.1) is 5.92 Å². The van der Waals surface area contributed by atoms with Gasteiger partial charge in [-0.3, -0.25) is 4.79 Å². The summed E-state index contributed by atoms with van der Waals surface area (Å²) in [5.41, 5.74) is -0.503. The van der Waals surface area contributed by atoms with Crippen LogP contribution in [-0.4, -0.2) is 59.0 Å². The first-order chi connectivity index (χ1) is 10.1. The quantitative estimate of drug-likeness (QED) is 0.743. The molecule has 1 fully saturated rings. The lowest BCUT2D eigenvalue weighted by Crippen LogP contribution is -2.48. The van der Waals surface area contributed by atoms with E-state index >= 15 is 0 Å². The van der Waals surface area contributed by atoms with Gasteiger partial charge in [0.2, 0.25) is 5.91 Å². The van der Waals surface area contributed by atoms with Crippen LogP contribution in [0.15, 0.2) is 0 Å². The molecule has 1 aliphatic rings. The van der Waals surface area contributed by atoms with E-state index in [1.807, 2.05) is 34.6 Å². The third kappa shape index (κ3) is 6.03. The van der Waals surface area contributed by atoms with E-state index < -0.39 is 5.60 Å². The highest BCUT2D eigenvalue weighted by atomic mass is 35.5. The Kier molecular flexibility index (Phi) is 6.98. The van der Waals surface area contributed by atoms with E-state index in [2.05, 4.69) is 0 Å². The number of ether oxygens (including phenoxy) is 1. The number of amides is 2. The standard InChI is InChI=1S/C16H29ClN2O3/c1-12(2)19(15(21)22-16(3,4)5)11-13-7-6-8-18(10-13)14(20)9-17/h12-13H,6-11H2,1-5H3/t13-/m1/s1. The number of piperidine rings is 1. The number of likely N-dealkylation sites (tertiary alicyclic amines) is 1. The highest BCUT2D eigenvalue weighted by Gasteiger charge is 2.29. The summed E-state index contributed by atoms with van der Waals surface area (Å²) >= 11 is 5.64. The fourth-order valence-corrected chi connectivity index (χ4v) is 2.79. The molecule has 128 valence electrons. The molecule has 0 unspecified atom stereocenters. The molecule has 0 radical (unpaired) electrons. The molecule has 2 amide bonds. The predicted octanol–water partition coefficient (Wildman–Crippen LogP) is 3.11. The second-order valence-electron chi connectivity index (χ2n) is 7.21. The van der Waals surface area contributed by atoms with Crippen molar-refractivity contribution in [1.82, 2.24) is 9.80 Å². The number of hydrogen-bond donors (Lipinski definition) is 0. The highest BCUT2D eigenvalue weighted by Crippen LogP contribution is 2.20. The number of hydrogen-bond acceptors (Lipinski definition) is 3. The highest BCUT2D eigenvalue weighted by molar-refractivity contribution is 6.27. The van der Waals surface area contributed by atoms with Gasteiger partial charge in [-0.1, -0.05) is 0 Å². The fourth-order valence-electron chi connectivity index (χ4n) is 2.62. The van der Waals surface area contributed by atoms with E-state index in [1.54, 1.807) is 9.80 Å². The first kappa shape index (κ1) is 19.1. The molecule has 6 heteroatoms. The number of carbonyl (C=O) groups is 2. The summed E-state index contributed by atoms with van der Waals surface area (Å²) in [6, 6.07) is 0.0638. The third-order valence-corrected chi connectivity index (χ3v) is 3.92. The normalized spacial score (nSPS) is 19.2. The van der Waals surface area contributed by atoms with E-state index in [0.717, 1.165) is 19.4 Å². The Hall–Kier alpha value is -0.970. The number of rotatable bonds is 4. The average Bonchev–Trinajstić information content (AvgIpc) is 2.41. The maximum atomic E-state index is 12.3. The molecule has 22 heavy (non-hydrogen) atoms. The second-order valence-corrected chi connectivity index (χ2v) is 7.48.